The van der Waals surface area contributed by atoms with Crippen LogP contribution in [0, 0.1) is 5.92 Å². The number of allylic oxidation sites excluding steroid dienone is 2. The summed E-state index contributed by atoms with van der Waals surface area (Å²) in [5.74, 6) is -0.111. The largest absolute Gasteiger partial charge is 0.367 e. The molecule has 2 unspecified atom stereocenters. The quantitative estimate of drug-likeness (QED) is 0.322. The normalized spacial score (nSPS) is 18.5. The molecule has 0 amide bonds. The fourth-order valence-corrected chi connectivity index (χ4v) is 4.80. The SMILES string of the molecule is CCCCC1(O)C=C(c2ccccc2)C=C(c2ccccc2)N1CC(CC)C(=O)c1ccccc1. The Bertz CT molecular complexity index is 1170. The summed E-state index contributed by atoms with van der Waals surface area (Å²) >= 11 is 0. The summed E-state index contributed by atoms with van der Waals surface area (Å²) in [6.07, 6.45) is 7.31. The van der Waals surface area contributed by atoms with Crippen LogP contribution in [0.4, 0.5) is 0 Å². The zero-order valence-corrected chi connectivity index (χ0v) is 20.7. The molecule has 4 rings (SSSR count). The van der Waals surface area contributed by atoms with E-state index in [1.54, 1.807) is 0 Å². The molecule has 3 aromatic carbocycles. The number of hydrogen-bond donors (Lipinski definition) is 1. The number of carbonyl (C=O) groups excluding carboxylic acids is 1. The highest BCUT2D eigenvalue weighted by Gasteiger charge is 2.39. The summed E-state index contributed by atoms with van der Waals surface area (Å²) in [6.45, 7) is 4.64. The number of carbonyl (C=O) groups is 1. The summed E-state index contributed by atoms with van der Waals surface area (Å²) in [5.41, 5.74) is 3.59. The van der Waals surface area contributed by atoms with Gasteiger partial charge in [0.2, 0.25) is 0 Å². The van der Waals surface area contributed by atoms with Crippen molar-refractivity contribution >= 4 is 17.1 Å². The maximum absolute atomic E-state index is 13.5. The van der Waals surface area contributed by atoms with Gasteiger partial charge in [0.1, 0.15) is 0 Å². The number of benzene rings is 3. The Labute approximate surface area is 209 Å². The molecule has 0 saturated carbocycles. The highest BCUT2D eigenvalue weighted by Crippen LogP contribution is 2.40. The van der Waals surface area contributed by atoms with Crippen molar-refractivity contribution in [3.8, 4) is 0 Å². The summed E-state index contributed by atoms with van der Waals surface area (Å²) in [5, 5.41) is 12.2. The summed E-state index contributed by atoms with van der Waals surface area (Å²) in [6, 6.07) is 29.9. The van der Waals surface area contributed by atoms with E-state index in [0.29, 0.717) is 19.4 Å². The van der Waals surface area contributed by atoms with E-state index in [-0.39, 0.29) is 11.7 Å². The fourth-order valence-electron chi connectivity index (χ4n) is 4.80. The second kappa shape index (κ2) is 11.3. The number of unbranched alkanes of at least 4 members (excludes halogenated alkanes) is 1. The lowest BCUT2D eigenvalue weighted by atomic mass is 9.87. The number of aliphatic hydroxyl groups is 1. The molecule has 2 atom stereocenters. The molecule has 0 fully saturated rings. The Morgan fingerprint density at radius 1 is 0.857 bits per heavy atom. The average molecular weight is 466 g/mol. The Balaban J connectivity index is 1.79. The van der Waals surface area contributed by atoms with Gasteiger partial charge in [0.15, 0.2) is 11.5 Å². The molecule has 0 bridgehead atoms. The molecule has 1 N–H and O–H groups in total. The topological polar surface area (TPSA) is 40.5 Å². The number of ketones is 1. The van der Waals surface area contributed by atoms with Crippen LogP contribution in [-0.2, 0) is 0 Å². The van der Waals surface area contributed by atoms with Crippen LogP contribution in [0.25, 0.3) is 11.3 Å². The van der Waals surface area contributed by atoms with Crippen molar-refractivity contribution in [3.63, 3.8) is 0 Å². The maximum Gasteiger partial charge on any atom is 0.167 e. The molecule has 3 heteroatoms. The number of Topliss-reactive ketones (excluding diaryl/α,β-unsaturated/α-hetero) is 1. The van der Waals surface area contributed by atoms with Gasteiger partial charge in [-0.15, -0.1) is 0 Å². The zero-order valence-electron chi connectivity index (χ0n) is 20.7. The molecule has 0 spiro atoms. The van der Waals surface area contributed by atoms with Gasteiger partial charge in [-0.05, 0) is 48.1 Å². The van der Waals surface area contributed by atoms with E-state index in [9.17, 15) is 9.90 Å². The van der Waals surface area contributed by atoms with Crippen molar-refractivity contribution in [2.75, 3.05) is 6.54 Å². The molecule has 0 aromatic heterocycles. The van der Waals surface area contributed by atoms with Crippen LogP contribution >= 0.6 is 0 Å². The van der Waals surface area contributed by atoms with Gasteiger partial charge in [-0.3, -0.25) is 4.79 Å². The zero-order chi connectivity index (χ0) is 24.7. The maximum atomic E-state index is 13.5. The predicted octanol–water partition coefficient (Wildman–Crippen LogP) is 7.21. The molecule has 1 aliphatic rings. The Kier molecular flexibility index (Phi) is 7.99. The molecule has 3 nitrogen and oxygen atoms in total. The van der Waals surface area contributed by atoms with Gasteiger partial charge >= 0.3 is 0 Å². The van der Waals surface area contributed by atoms with Gasteiger partial charge in [0.05, 0.1) is 0 Å². The molecule has 0 aliphatic carbocycles. The minimum atomic E-state index is -1.19. The van der Waals surface area contributed by atoms with Crippen LogP contribution in [0.2, 0.25) is 0 Å². The van der Waals surface area contributed by atoms with Crippen molar-refractivity contribution < 1.29 is 9.90 Å². The van der Waals surface area contributed by atoms with E-state index in [1.807, 2.05) is 72.8 Å². The van der Waals surface area contributed by atoms with Crippen LogP contribution in [0.3, 0.4) is 0 Å². The Morgan fingerprint density at radius 3 is 2.00 bits per heavy atom. The van der Waals surface area contributed by atoms with E-state index in [0.717, 1.165) is 40.8 Å². The third kappa shape index (κ3) is 5.63. The third-order valence-corrected chi connectivity index (χ3v) is 6.84. The monoisotopic (exact) mass is 465 g/mol. The average Bonchev–Trinajstić information content (AvgIpc) is 2.92. The van der Waals surface area contributed by atoms with Crippen molar-refractivity contribution in [2.24, 2.45) is 5.92 Å². The molecule has 3 aromatic rings. The smallest absolute Gasteiger partial charge is 0.167 e. The van der Waals surface area contributed by atoms with Gasteiger partial charge in [-0.2, -0.15) is 0 Å². The first kappa shape index (κ1) is 24.7. The van der Waals surface area contributed by atoms with Crippen LogP contribution < -0.4 is 0 Å². The summed E-state index contributed by atoms with van der Waals surface area (Å²) < 4.78 is 0. The lowest BCUT2D eigenvalue weighted by molar-refractivity contribution is -0.0460. The molecule has 180 valence electrons. The minimum absolute atomic E-state index is 0.121. The van der Waals surface area contributed by atoms with Gasteiger partial charge < -0.3 is 10.0 Å². The first-order chi connectivity index (χ1) is 17.1. The third-order valence-electron chi connectivity index (χ3n) is 6.84. The lowest BCUT2D eigenvalue weighted by Crippen LogP contribution is -2.50. The standard InChI is InChI=1S/C32H35NO2/c1-3-5-21-32(35)23-29(26-15-9-6-10-16-26)22-30(27-17-11-7-12-18-27)33(32)24-25(4-2)31(34)28-19-13-8-14-20-28/h6-20,22-23,25,35H,3-5,21,24H2,1-2H3. The van der Waals surface area contributed by atoms with E-state index in [4.69, 9.17) is 0 Å². The number of nitrogens with zero attached hydrogens (tertiary/aromatic N) is 1. The summed E-state index contributed by atoms with van der Waals surface area (Å²) in [4.78, 5) is 15.5. The van der Waals surface area contributed by atoms with Gasteiger partial charge in [-0.1, -0.05) is 111 Å². The molecular weight excluding hydrogens is 430 g/mol. The van der Waals surface area contributed by atoms with Crippen molar-refractivity contribution in [2.45, 2.75) is 45.3 Å². The fraction of sp³-hybridized carbons (Fsp3) is 0.281. The highest BCUT2D eigenvalue weighted by molar-refractivity contribution is 5.98. The molecular formula is C32H35NO2. The predicted molar refractivity (Wildman–Crippen MR) is 145 cm³/mol. The van der Waals surface area contributed by atoms with Crippen LogP contribution in [0.15, 0.2) is 103 Å². The molecule has 0 radical (unpaired) electrons. The summed E-state index contributed by atoms with van der Waals surface area (Å²) in [7, 11) is 0. The number of hydrogen-bond acceptors (Lipinski definition) is 3. The molecule has 1 aliphatic heterocycles. The second-order valence-corrected chi connectivity index (χ2v) is 9.29. The minimum Gasteiger partial charge on any atom is -0.367 e. The van der Waals surface area contributed by atoms with Gasteiger partial charge in [0.25, 0.3) is 0 Å². The van der Waals surface area contributed by atoms with Crippen LogP contribution in [0.5, 0.6) is 0 Å². The highest BCUT2D eigenvalue weighted by atomic mass is 16.3. The first-order valence-corrected chi connectivity index (χ1v) is 12.7. The second-order valence-electron chi connectivity index (χ2n) is 9.29. The van der Waals surface area contributed by atoms with Crippen molar-refractivity contribution in [1.82, 2.24) is 4.90 Å². The van der Waals surface area contributed by atoms with E-state index >= 15 is 0 Å². The molecule has 35 heavy (non-hydrogen) atoms. The Morgan fingerprint density at radius 2 is 1.43 bits per heavy atom. The van der Waals surface area contributed by atoms with E-state index in [2.05, 4.69) is 49.1 Å². The van der Waals surface area contributed by atoms with Crippen molar-refractivity contribution in [1.29, 1.82) is 0 Å². The van der Waals surface area contributed by atoms with E-state index in [1.165, 1.54) is 0 Å². The van der Waals surface area contributed by atoms with Crippen molar-refractivity contribution in [3.05, 3.63) is 120 Å². The lowest BCUT2D eigenvalue weighted by Gasteiger charge is -2.45. The van der Waals surface area contributed by atoms with E-state index < -0.39 is 5.72 Å². The molecule has 1 heterocycles. The molecule has 0 saturated heterocycles. The number of rotatable bonds is 10. The van der Waals surface area contributed by atoms with Gasteiger partial charge in [-0.25, -0.2) is 0 Å². The first-order valence-electron chi connectivity index (χ1n) is 12.7. The van der Waals surface area contributed by atoms with Crippen LogP contribution in [-0.4, -0.2) is 28.1 Å². The van der Waals surface area contributed by atoms with Gasteiger partial charge in [0, 0.05) is 23.7 Å². The Hall–Kier alpha value is -3.43. The van der Waals surface area contributed by atoms with Crippen LogP contribution in [0.1, 0.15) is 61.0 Å².